The molecule has 2 aromatic carbocycles. The number of urea groups is 1. The van der Waals surface area contributed by atoms with Gasteiger partial charge in [-0.3, -0.25) is 0 Å². The summed E-state index contributed by atoms with van der Waals surface area (Å²) in [6.07, 6.45) is 0. The van der Waals surface area contributed by atoms with Crippen molar-refractivity contribution in [3.8, 4) is 5.75 Å². The minimum Gasteiger partial charge on any atom is -0.495 e. The molecule has 0 aliphatic carbocycles. The Kier molecular flexibility index (Phi) is 5.21. The molecule has 4 nitrogen and oxygen atoms in total. The van der Waals surface area contributed by atoms with Crippen LogP contribution in [0.3, 0.4) is 0 Å². The average Bonchev–Trinajstić information content (AvgIpc) is 2.54. The summed E-state index contributed by atoms with van der Waals surface area (Å²) in [5.74, 6) is 0.253. The normalized spacial score (nSPS) is 11.7. The minimum atomic E-state index is -0.396. The molecule has 1 atom stereocenters. The van der Waals surface area contributed by atoms with Crippen molar-refractivity contribution >= 4 is 11.7 Å². The van der Waals surface area contributed by atoms with Gasteiger partial charge in [0.2, 0.25) is 0 Å². The number of amides is 2. The highest BCUT2D eigenvalue weighted by atomic mass is 19.1. The third-order valence-corrected chi connectivity index (χ3v) is 3.85. The lowest BCUT2D eigenvalue weighted by molar-refractivity contribution is 0.207. The van der Waals surface area contributed by atoms with Gasteiger partial charge in [0.15, 0.2) is 0 Å². The van der Waals surface area contributed by atoms with Crippen molar-refractivity contribution in [2.45, 2.75) is 19.9 Å². The van der Waals surface area contributed by atoms with Crippen molar-refractivity contribution in [2.75, 3.05) is 19.5 Å². The number of nitrogens with zero attached hydrogens (tertiary/aromatic N) is 1. The monoisotopic (exact) mass is 316 g/mol. The molecule has 0 saturated heterocycles. The number of rotatable bonds is 4. The number of hydrogen-bond donors (Lipinski definition) is 1. The molecular weight excluding hydrogens is 295 g/mol. The third-order valence-electron chi connectivity index (χ3n) is 3.85. The lowest BCUT2D eigenvalue weighted by atomic mass is 10.1. The molecular formula is C18H21FN2O2. The van der Waals surface area contributed by atoms with Gasteiger partial charge in [0.25, 0.3) is 0 Å². The van der Waals surface area contributed by atoms with E-state index in [1.807, 2.05) is 19.1 Å². The van der Waals surface area contributed by atoms with Crippen LogP contribution in [-0.2, 0) is 0 Å². The Balaban J connectivity index is 2.17. The highest BCUT2D eigenvalue weighted by Crippen LogP contribution is 2.27. The Morgan fingerprint density at radius 1 is 1.26 bits per heavy atom. The number of aryl methyl sites for hydroxylation is 1. The number of carbonyl (C=O) groups is 1. The second kappa shape index (κ2) is 7.13. The van der Waals surface area contributed by atoms with E-state index >= 15 is 0 Å². The molecule has 0 saturated carbocycles. The number of methoxy groups -OCH3 is 1. The first-order valence-electron chi connectivity index (χ1n) is 7.37. The summed E-state index contributed by atoms with van der Waals surface area (Å²) in [5, 5.41) is 2.81. The third kappa shape index (κ3) is 3.80. The predicted molar refractivity (Wildman–Crippen MR) is 89.3 cm³/mol. The van der Waals surface area contributed by atoms with Crippen LogP contribution in [0.1, 0.15) is 24.1 Å². The number of benzene rings is 2. The number of hydrogen-bond acceptors (Lipinski definition) is 2. The zero-order valence-corrected chi connectivity index (χ0v) is 13.8. The molecule has 0 fully saturated rings. The summed E-state index contributed by atoms with van der Waals surface area (Å²) in [5.41, 5.74) is 2.07. The summed E-state index contributed by atoms with van der Waals surface area (Å²) >= 11 is 0. The van der Waals surface area contributed by atoms with Gasteiger partial charge in [-0.1, -0.05) is 24.3 Å². The fourth-order valence-corrected chi connectivity index (χ4v) is 2.32. The van der Waals surface area contributed by atoms with Crippen LogP contribution in [0, 0.1) is 12.7 Å². The molecule has 2 aromatic rings. The zero-order valence-electron chi connectivity index (χ0n) is 13.8. The largest absolute Gasteiger partial charge is 0.495 e. The van der Waals surface area contributed by atoms with Crippen LogP contribution in [0.25, 0.3) is 0 Å². The molecule has 5 heteroatoms. The molecule has 122 valence electrons. The maximum Gasteiger partial charge on any atom is 0.322 e. The number of ether oxygens (including phenoxy) is 1. The first kappa shape index (κ1) is 16.8. The van der Waals surface area contributed by atoms with E-state index in [1.165, 1.54) is 11.0 Å². The van der Waals surface area contributed by atoms with Gasteiger partial charge in [0, 0.05) is 12.6 Å². The van der Waals surface area contributed by atoms with Gasteiger partial charge in [0.05, 0.1) is 18.8 Å². The molecule has 2 rings (SSSR count). The molecule has 23 heavy (non-hydrogen) atoms. The van der Waals surface area contributed by atoms with Crippen LogP contribution < -0.4 is 10.1 Å². The quantitative estimate of drug-likeness (QED) is 0.910. The smallest absolute Gasteiger partial charge is 0.322 e. The van der Waals surface area contributed by atoms with E-state index in [1.54, 1.807) is 45.3 Å². The van der Waals surface area contributed by atoms with Crippen LogP contribution >= 0.6 is 0 Å². The van der Waals surface area contributed by atoms with E-state index in [0.717, 1.165) is 5.56 Å². The topological polar surface area (TPSA) is 41.6 Å². The Bertz CT molecular complexity index is 703. The van der Waals surface area contributed by atoms with Crippen LogP contribution in [0.5, 0.6) is 5.75 Å². The summed E-state index contributed by atoms with van der Waals surface area (Å²) in [6, 6.07) is 11.3. The molecule has 0 heterocycles. The van der Waals surface area contributed by atoms with E-state index in [2.05, 4.69) is 5.32 Å². The Morgan fingerprint density at radius 3 is 2.61 bits per heavy atom. The zero-order chi connectivity index (χ0) is 17.0. The van der Waals surface area contributed by atoms with Gasteiger partial charge in [-0.2, -0.15) is 0 Å². The lowest BCUT2D eigenvalue weighted by Gasteiger charge is -2.26. The number of nitrogens with one attached hydrogen (secondary N) is 1. The molecule has 0 bridgehead atoms. The number of anilines is 1. The summed E-state index contributed by atoms with van der Waals surface area (Å²) in [4.78, 5) is 13.9. The highest BCUT2D eigenvalue weighted by Gasteiger charge is 2.20. The Labute approximate surface area is 135 Å². The molecule has 1 N–H and O–H groups in total. The van der Waals surface area contributed by atoms with Crippen LogP contribution in [0.15, 0.2) is 42.5 Å². The summed E-state index contributed by atoms with van der Waals surface area (Å²) in [6.45, 7) is 3.71. The van der Waals surface area contributed by atoms with E-state index in [-0.39, 0.29) is 11.8 Å². The fourth-order valence-electron chi connectivity index (χ4n) is 2.32. The SMILES string of the molecule is COc1ccc(C)cc1NC(=O)N(C)C(C)c1ccccc1F. The molecule has 0 aliphatic rings. The van der Waals surface area contributed by atoms with Crippen molar-refractivity contribution in [3.63, 3.8) is 0 Å². The molecule has 0 radical (unpaired) electrons. The second-order valence-electron chi connectivity index (χ2n) is 5.44. The van der Waals surface area contributed by atoms with Gasteiger partial charge in [0.1, 0.15) is 11.6 Å². The molecule has 1 unspecified atom stereocenters. The van der Waals surface area contributed by atoms with Gasteiger partial charge in [-0.05, 0) is 37.6 Å². The first-order chi connectivity index (χ1) is 10.9. The Hall–Kier alpha value is -2.56. The van der Waals surface area contributed by atoms with E-state index in [0.29, 0.717) is 17.0 Å². The van der Waals surface area contributed by atoms with Crippen LogP contribution in [0.2, 0.25) is 0 Å². The van der Waals surface area contributed by atoms with Crippen molar-refractivity contribution in [2.24, 2.45) is 0 Å². The lowest BCUT2D eigenvalue weighted by Crippen LogP contribution is -2.34. The van der Waals surface area contributed by atoms with Crippen molar-refractivity contribution in [1.82, 2.24) is 4.90 Å². The van der Waals surface area contributed by atoms with E-state index < -0.39 is 6.04 Å². The van der Waals surface area contributed by atoms with E-state index in [4.69, 9.17) is 4.74 Å². The van der Waals surface area contributed by atoms with Crippen molar-refractivity contribution < 1.29 is 13.9 Å². The predicted octanol–water partition coefficient (Wildman–Crippen LogP) is 4.37. The second-order valence-corrected chi connectivity index (χ2v) is 5.44. The summed E-state index contributed by atoms with van der Waals surface area (Å²) in [7, 11) is 3.18. The highest BCUT2D eigenvalue weighted by molar-refractivity contribution is 5.91. The van der Waals surface area contributed by atoms with Crippen LogP contribution in [0.4, 0.5) is 14.9 Å². The van der Waals surface area contributed by atoms with Gasteiger partial charge < -0.3 is 15.0 Å². The molecule has 0 aliphatic heterocycles. The molecule has 0 spiro atoms. The number of halogens is 1. The maximum atomic E-state index is 13.9. The van der Waals surface area contributed by atoms with Gasteiger partial charge >= 0.3 is 6.03 Å². The van der Waals surface area contributed by atoms with Crippen molar-refractivity contribution in [3.05, 3.63) is 59.4 Å². The number of carbonyl (C=O) groups excluding carboxylic acids is 1. The maximum absolute atomic E-state index is 13.9. The minimum absolute atomic E-state index is 0.326. The molecule has 2 amide bonds. The van der Waals surface area contributed by atoms with Gasteiger partial charge in [-0.25, -0.2) is 9.18 Å². The fraction of sp³-hybridized carbons (Fsp3) is 0.278. The summed E-state index contributed by atoms with van der Waals surface area (Å²) < 4.78 is 19.1. The first-order valence-corrected chi connectivity index (χ1v) is 7.37. The van der Waals surface area contributed by atoms with Gasteiger partial charge in [-0.15, -0.1) is 0 Å². The Morgan fingerprint density at radius 2 is 1.96 bits per heavy atom. The van der Waals surface area contributed by atoms with E-state index in [9.17, 15) is 9.18 Å². The molecule has 0 aromatic heterocycles. The average molecular weight is 316 g/mol. The van der Waals surface area contributed by atoms with Crippen LogP contribution in [-0.4, -0.2) is 25.1 Å². The standard InChI is InChI=1S/C18H21FN2O2/c1-12-9-10-17(23-4)16(11-12)20-18(22)21(3)13(2)14-7-5-6-8-15(14)19/h5-11,13H,1-4H3,(H,20,22). The van der Waals surface area contributed by atoms with Crippen molar-refractivity contribution in [1.29, 1.82) is 0 Å².